The van der Waals surface area contributed by atoms with Crippen molar-refractivity contribution in [2.24, 2.45) is 0 Å². The Kier molecular flexibility index (Phi) is 7.71. The number of sulfonamides is 1. The van der Waals surface area contributed by atoms with E-state index in [1.807, 2.05) is 32.0 Å². The van der Waals surface area contributed by atoms with Crippen LogP contribution in [0.2, 0.25) is 0 Å². The molecule has 0 saturated carbocycles. The molecule has 0 unspecified atom stereocenters. The number of hydrogen-bond acceptors (Lipinski definition) is 4. The average molecular weight is 471 g/mol. The summed E-state index contributed by atoms with van der Waals surface area (Å²) in [6.07, 6.45) is 1.06. The van der Waals surface area contributed by atoms with Crippen LogP contribution in [0.15, 0.2) is 66.7 Å². The molecule has 33 heavy (non-hydrogen) atoms. The van der Waals surface area contributed by atoms with Crippen molar-refractivity contribution in [1.82, 2.24) is 5.32 Å². The number of rotatable bonds is 9. The molecular weight excluding hydrogens is 443 g/mol. The van der Waals surface area contributed by atoms with Gasteiger partial charge in [0.05, 0.1) is 25.0 Å². The maximum absolute atomic E-state index is 14.0. The Bertz CT molecular complexity index is 1230. The number of hydrogen-bond donors (Lipinski definition) is 1. The fraction of sp³-hybridized carbons (Fsp3) is 0.240. The highest BCUT2D eigenvalue weighted by Crippen LogP contribution is 2.22. The predicted octanol–water partition coefficient (Wildman–Crippen LogP) is 4.22. The second-order valence-corrected chi connectivity index (χ2v) is 9.69. The first-order valence-corrected chi connectivity index (χ1v) is 12.3. The van der Waals surface area contributed by atoms with Gasteiger partial charge in [-0.05, 0) is 55.8 Å². The summed E-state index contributed by atoms with van der Waals surface area (Å²) in [4.78, 5) is 12.4. The van der Waals surface area contributed by atoms with Gasteiger partial charge in [0.2, 0.25) is 10.0 Å². The van der Waals surface area contributed by atoms with E-state index in [1.165, 1.54) is 36.4 Å². The van der Waals surface area contributed by atoms with E-state index in [4.69, 9.17) is 4.74 Å². The van der Waals surface area contributed by atoms with Gasteiger partial charge in [-0.15, -0.1) is 0 Å². The zero-order valence-corrected chi connectivity index (χ0v) is 19.7. The molecule has 3 aromatic carbocycles. The van der Waals surface area contributed by atoms with Crippen LogP contribution in [-0.4, -0.2) is 33.7 Å². The SMILES string of the molecule is Cc1ccc(OCCNC(=O)c2ccc(N(Cc3ccccc3F)S(C)(=O)=O)cc2)c(C)c1. The highest BCUT2D eigenvalue weighted by Gasteiger charge is 2.20. The third-order valence-electron chi connectivity index (χ3n) is 5.07. The molecule has 0 heterocycles. The molecular formula is C25H27FN2O4S. The number of ether oxygens (including phenoxy) is 1. The zero-order chi connectivity index (χ0) is 24.0. The average Bonchev–Trinajstić information content (AvgIpc) is 2.76. The fourth-order valence-corrected chi connectivity index (χ4v) is 4.23. The topological polar surface area (TPSA) is 75.7 Å². The second kappa shape index (κ2) is 10.5. The molecule has 1 amide bonds. The summed E-state index contributed by atoms with van der Waals surface area (Å²) in [5, 5.41) is 2.78. The number of benzene rings is 3. The molecule has 6 nitrogen and oxygen atoms in total. The van der Waals surface area contributed by atoms with Gasteiger partial charge in [-0.3, -0.25) is 9.10 Å². The van der Waals surface area contributed by atoms with Crippen molar-refractivity contribution < 1.29 is 22.3 Å². The van der Waals surface area contributed by atoms with E-state index in [0.29, 0.717) is 24.4 Å². The molecule has 0 bridgehead atoms. The Hall–Kier alpha value is -3.39. The lowest BCUT2D eigenvalue weighted by atomic mass is 10.1. The number of carbonyl (C=O) groups excluding carboxylic acids is 1. The molecule has 3 aromatic rings. The van der Waals surface area contributed by atoms with Gasteiger partial charge in [-0.2, -0.15) is 0 Å². The Balaban J connectivity index is 1.61. The molecule has 0 aliphatic rings. The van der Waals surface area contributed by atoms with Crippen molar-refractivity contribution in [3.63, 3.8) is 0 Å². The van der Waals surface area contributed by atoms with E-state index in [-0.39, 0.29) is 18.0 Å². The molecule has 0 radical (unpaired) electrons. The van der Waals surface area contributed by atoms with Crippen molar-refractivity contribution in [1.29, 1.82) is 0 Å². The monoisotopic (exact) mass is 470 g/mol. The highest BCUT2D eigenvalue weighted by molar-refractivity contribution is 7.92. The normalized spacial score (nSPS) is 11.2. The van der Waals surface area contributed by atoms with E-state index >= 15 is 0 Å². The lowest BCUT2D eigenvalue weighted by molar-refractivity contribution is 0.0947. The van der Waals surface area contributed by atoms with E-state index in [1.54, 1.807) is 12.1 Å². The van der Waals surface area contributed by atoms with Crippen molar-refractivity contribution in [3.8, 4) is 5.75 Å². The van der Waals surface area contributed by atoms with E-state index in [2.05, 4.69) is 5.32 Å². The third-order valence-corrected chi connectivity index (χ3v) is 6.21. The summed E-state index contributed by atoms with van der Waals surface area (Å²) in [7, 11) is -3.67. The minimum Gasteiger partial charge on any atom is -0.491 e. The van der Waals surface area contributed by atoms with Crippen LogP contribution in [0.4, 0.5) is 10.1 Å². The Labute approximate surface area is 194 Å². The number of nitrogens with one attached hydrogen (secondary N) is 1. The van der Waals surface area contributed by atoms with Crippen molar-refractivity contribution in [2.75, 3.05) is 23.7 Å². The number of nitrogens with zero attached hydrogens (tertiary/aromatic N) is 1. The van der Waals surface area contributed by atoms with E-state index < -0.39 is 15.8 Å². The number of carbonyl (C=O) groups is 1. The van der Waals surface area contributed by atoms with Gasteiger partial charge in [0.25, 0.3) is 5.91 Å². The lowest BCUT2D eigenvalue weighted by Gasteiger charge is -2.23. The molecule has 0 atom stereocenters. The number of amides is 1. The summed E-state index contributed by atoms with van der Waals surface area (Å²) in [5.74, 6) is -0.00842. The smallest absolute Gasteiger partial charge is 0.251 e. The standard InChI is InChI=1S/C25H27FN2O4S/c1-18-8-13-24(19(2)16-18)32-15-14-27-25(29)20-9-11-22(12-10-20)28(33(3,30)31)17-21-6-4-5-7-23(21)26/h4-13,16H,14-15,17H2,1-3H3,(H,27,29). The molecule has 0 saturated heterocycles. The Morgan fingerprint density at radius 3 is 2.36 bits per heavy atom. The Morgan fingerprint density at radius 2 is 1.73 bits per heavy atom. The first-order valence-electron chi connectivity index (χ1n) is 10.4. The quantitative estimate of drug-likeness (QED) is 0.475. The summed E-state index contributed by atoms with van der Waals surface area (Å²) < 4.78 is 45.5. The zero-order valence-electron chi connectivity index (χ0n) is 18.8. The first-order chi connectivity index (χ1) is 15.6. The molecule has 1 N–H and O–H groups in total. The predicted molar refractivity (Wildman–Crippen MR) is 128 cm³/mol. The van der Waals surface area contributed by atoms with Crippen LogP contribution in [0.5, 0.6) is 5.75 Å². The summed E-state index contributed by atoms with van der Waals surface area (Å²) in [6, 6.07) is 18.1. The van der Waals surface area contributed by atoms with Gasteiger partial charge in [0, 0.05) is 11.1 Å². The van der Waals surface area contributed by atoms with Crippen molar-refractivity contribution >= 4 is 21.6 Å². The van der Waals surface area contributed by atoms with Crippen LogP contribution >= 0.6 is 0 Å². The van der Waals surface area contributed by atoms with Gasteiger partial charge in [0.15, 0.2) is 0 Å². The first kappa shape index (κ1) is 24.3. The lowest BCUT2D eigenvalue weighted by Crippen LogP contribution is -2.30. The number of halogens is 1. The van der Waals surface area contributed by atoms with Gasteiger partial charge in [-0.25, -0.2) is 12.8 Å². The largest absolute Gasteiger partial charge is 0.491 e. The highest BCUT2D eigenvalue weighted by atomic mass is 32.2. The molecule has 0 spiro atoms. The van der Waals surface area contributed by atoms with E-state index in [9.17, 15) is 17.6 Å². The third kappa shape index (κ3) is 6.55. The number of aryl methyl sites for hydroxylation is 2. The van der Waals surface area contributed by atoms with Gasteiger partial charge >= 0.3 is 0 Å². The van der Waals surface area contributed by atoms with Crippen molar-refractivity contribution in [3.05, 3.63) is 94.8 Å². The van der Waals surface area contributed by atoms with Crippen LogP contribution in [0, 0.1) is 19.7 Å². The molecule has 0 aliphatic carbocycles. The van der Waals surface area contributed by atoms with Gasteiger partial charge < -0.3 is 10.1 Å². The Morgan fingerprint density at radius 1 is 1.03 bits per heavy atom. The minimum atomic E-state index is -3.67. The maximum atomic E-state index is 14.0. The van der Waals surface area contributed by atoms with Crippen LogP contribution in [0.1, 0.15) is 27.0 Å². The molecule has 0 aliphatic heterocycles. The van der Waals surface area contributed by atoms with Crippen LogP contribution in [-0.2, 0) is 16.6 Å². The van der Waals surface area contributed by atoms with Crippen LogP contribution < -0.4 is 14.4 Å². The molecule has 8 heteroatoms. The number of anilines is 1. The fourth-order valence-electron chi connectivity index (χ4n) is 3.35. The summed E-state index contributed by atoms with van der Waals surface area (Å²) in [6.45, 7) is 4.47. The van der Waals surface area contributed by atoms with Crippen molar-refractivity contribution in [2.45, 2.75) is 20.4 Å². The summed E-state index contributed by atoms with van der Waals surface area (Å²) >= 11 is 0. The van der Waals surface area contributed by atoms with Gasteiger partial charge in [-0.1, -0.05) is 35.9 Å². The summed E-state index contributed by atoms with van der Waals surface area (Å²) in [5.41, 5.74) is 3.16. The maximum Gasteiger partial charge on any atom is 0.251 e. The molecule has 0 aromatic heterocycles. The van der Waals surface area contributed by atoms with Crippen LogP contribution in [0.25, 0.3) is 0 Å². The van der Waals surface area contributed by atoms with Gasteiger partial charge in [0.1, 0.15) is 18.2 Å². The molecule has 0 fully saturated rings. The minimum absolute atomic E-state index is 0.146. The second-order valence-electron chi connectivity index (χ2n) is 7.78. The van der Waals surface area contributed by atoms with Crippen LogP contribution in [0.3, 0.4) is 0 Å². The van der Waals surface area contributed by atoms with E-state index in [0.717, 1.165) is 27.4 Å². The molecule has 174 valence electrons. The molecule has 3 rings (SSSR count).